The number of hydrogen-bond donors (Lipinski definition) is 0. The van der Waals surface area contributed by atoms with Crippen LogP contribution in [0.15, 0.2) is 114 Å². The number of hydrogen-bond acceptors (Lipinski definition) is 2. The van der Waals surface area contributed by atoms with E-state index in [1.165, 1.54) is 32.3 Å². The first-order valence-corrected chi connectivity index (χ1v) is 12.2. The van der Waals surface area contributed by atoms with E-state index in [4.69, 9.17) is 9.40 Å². The Kier molecular flexibility index (Phi) is 3.28. The van der Waals surface area contributed by atoms with E-state index in [0.29, 0.717) is 0 Å². The van der Waals surface area contributed by atoms with Crippen LogP contribution in [-0.4, -0.2) is 9.38 Å². The minimum absolute atomic E-state index is 0.908. The Morgan fingerprint density at radius 1 is 0.472 bits per heavy atom. The molecule has 0 aliphatic carbocycles. The Hall–Kier alpha value is -4.89. The minimum Gasteiger partial charge on any atom is -0.456 e. The standard InChI is InChI=1S/C33H18N2O/c1-2-8-21-19(7-1)13-14-20-15-26-27-16-30-25(18-32(27)36-31(26)17-24(20)21)22-9-3-4-10-23(22)33-34-28-11-5-6-12-29(28)35(30)33/h1-18H. The lowest BCUT2D eigenvalue weighted by atomic mass is 9.99. The lowest BCUT2D eigenvalue weighted by Crippen LogP contribution is -1.91. The first-order chi connectivity index (χ1) is 17.8. The van der Waals surface area contributed by atoms with E-state index in [-0.39, 0.29) is 0 Å². The second-order valence-electron chi connectivity index (χ2n) is 9.63. The molecule has 0 aliphatic heterocycles. The predicted octanol–water partition coefficient (Wildman–Crippen LogP) is 9.00. The molecule has 0 fully saturated rings. The number of furan rings is 1. The summed E-state index contributed by atoms with van der Waals surface area (Å²) in [5.41, 5.74) is 6.08. The number of benzene rings is 6. The third-order valence-electron chi connectivity index (χ3n) is 7.71. The predicted molar refractivity (Wildman–Crippen MR) is 150 cm³/mol. The van der Waals surface area contributed by atoms with E-state index >= 15 is 0 Å². The molecule has 0 spiro atoms. The topological polar surface area (TPSA) is 30.4 Å². The van der Waals surface area contributed by atoms with Crippen molar-refractivity contribution in [3.63, 3.8) is 0 Å². The van der Waals surface area contributed by atoms with Crippen molar-refractivity contribution in [2.45, 2.75) is 0 Å². The SMILES string of the molecule is c1ccc2c(c1)ccc1cc3c(cc12)oc1cc2c4ccccc4c4nc5ccccc5n4c2cc13. The van der Waals surface area contributed by atoms with Crippen molar-refractivity contribution in [3.8, 4) is 0 Å². The molecule has 9 aromatic rings. The largest absolute Gasteiger partial charge is 0.456 e. The average Bonchev–Trinajstić information content (AvgIpc) is 3.49. The number of pyridine rings is 1. The third kappa shape index (κ3) is 2.25. The van der Waals surface area contributed by atoms with Crippen LogP contribution in [0, 0.1) is 0 Å². The van der Waals surface area contributed by atoms with Crippen LogP contribution < -0.4 is 0 Å². The molecule has 9 rings (SSSR count). The van der Waals surface area contributed by atoms with Gasteiger partial charge in [-0.25, -0.2) is 4.98 Å². The Morgan fingerprint density at radius 2 is 1.17 bits per heavy atom. The van der Waals surface area contributed by atoms with Crippen molar-refractivity contribution in [1.82, 2.24) is 9.38 Å². The van der Waals surface area contributed by atoms with Crippen molar-refractivity contribution in [2.75, 3.05) is 0 Å². The average molecular weight is 459 g/mol. The Balaban J connectivity index is 1.50. The van der Waals surface area contributed by atoms with Gasteiger partial charge in [-0.3, -0.25) is 4.40 Å². The van der Waals surface area contributed by atoms with Crippen LogP contribution in [0.2, 0.25) is 0 Å². The fourth-order valence-corrected chi connectivity index (χ4v) is 6.08. The van der Waals surface area contributed by atoms with Crippen molar-refractivity contribution in [3.05, 3.63) is 109 Å². The van der Waals surface area contributed by atoms with Gasteiger partial charge in [0.1, 0.15) is 16.8 Å². The summed E-state index contributed by atoms with van der Waals surface area (Å²) >= 11 is 0. The summed E-state index contributed by atoms with van der Waals surface area (Å²) in [6, 6.07) is 38.9. The molecule has 0 saturated carbocycles. The van der Waals surface area contributed by atoms with E-state index in [9.17, 15) is 0 Å². The molecule has 3 nitrogen and oxygen atoms in total. The highest BCUT2D eigenvalue weighted by Crippen LogP contribution is 2.39. The fourth-order valence-electron chi connectivity index (χ4n) is 6.08. The molecular formula is C33H18N2O. The summed E-state index contributed by atoms with van der Waals surface area (Å²) in [6.45, 7) is 0. The molecule has 3 heteroatoms. The van der Waals surface area contributed by atoms with Gasteiger partial charge in [-0.1, -0.05) is 72.8 Å². The van der Waals surface area contributed by atoms with Crippen molar-refractivity contribution in [2.24, 2.45) is 0 Å². The summed E-state index contributed by atoms with van der Waals surface area (Å²) in [7, 11) is 0. The highest BCUT2D eigenvalue weighted by atomic mass is 16.3. The normalized spacial score (nSPS) is 12.4. The first kappa shape index (κ1) is 18.4. The van der Waals surface area contributed by atoms with Gasteiger partial charge in [0, 0.05) is 21.5 Å². The fraction of sp³-hybridized carbons (Fsp3) is 0. The summed E-state index contributed by atoms with van der Waals surface area (Å²) < 4.78 is 8.83. The molecule has 0 aliphatic rings. The van der Waals surface area contributed by atoms with Gasteiger partial charge < -0.3 is 4.42 Å². The van der Waals surface area contributed by atoms with Crippen LogP contribution in [0.1, 0.15) is 0 Å². The number of nitrogens with zero attached hydrogens (tertiary/aromatic N) is 2. The monoisotopic (exact) mass is 458 g/mol. The number of aromatic nitrogens is 2. The zero-order valence-electron chi connectivity index (χ0n) is 19.2. The van der Waals surface area contributed by atoms with Crippen molar-refractivity contribution < 1.29 is 4.42 Å². The molecule has 0 bridgehead atoms. The van der Waals surface area contributed by atoms with E-state index in [1.807, 2.05) is 0 Å². The summed E-state index contributed by atoms with van der Waals surface area (Å²) in [4.78, 5) is 5.03. The van der Waals surface area contributed by atoms with Crippen LogP contribution in [0.5, 0.6) is 0 Å². The molecule has 3 aromatic heterocycles. The van der Waals surface area contributed by atoms with Gasteiger partial charge in [-0.2, -0.15) is 0 Å². The van der Waals surface area contributed by atoms with Crippen LogP contribution in [0.25, 0.3) is 81.8 Å². The number of fused-ring (bicyclic) bond motifs is 14. The molecule has 0 radical (unpaired) electrons. The molecule has 0 atom stereocenters. The summed E-state index contributed by atoms with van der Waals surface area (Å²) in [5, 5.41) is 10.7. The highest BCUT2D eigenvalue weighted by Gasteiger charge is 2.17. The quantitative estimate of drug-likeness (QED) is 0.212. The van der Waals surface area contributed by atoms with Crippen LogP contribution in [0.3, 0.4) is 0 Å². The maximum Gasteiger partial charge on any atom is 0.146 e. The molecular weight excluding hydrogens is 440 g/mol. The molecule has 0 amide bonds. The van der Waals surface area contributed by atoms with Gasteiger partial charge in [0.2, 0.25) is 0 Å². The highest BCUT2D eigenvalue weighted by molar-refractivity contribution is 6.21. The number of imidazole rings is 1. The van der Waals surface area contributed by atoms with Crippen LogP contribution >= 0.6 is 0 Å². The third-order valence-corrected chi connectivity index (χ3v) is 7.71. The molecule has 0 unspecified atom stereocenters. The van der Waals surface area contributed by atoms with Crippen LogP contribution in [-0.2, 0) is 0 Å². The summed E-state index contributed by atoms with van der Waals surface area (Å²) in [6.07, 6.45) is 0. The van der Waals surface area contributed by atoms with Gasteiger partial charge in [-0.05, 0) is 63.3 Å². The van der Waals surface area contributed by atoms with Gasteiger partial charge in [0.15, 0.2) is 0 Å². The molecule has 3 heterocycles. The zero-order valence-corrected chi connectivity index (χ0v) is 19.2. The summed E-state index contributed by atoms with van der Waals surface area (Å²) in [5.74, 6) is 0. The van der Waals surface area contributed by atoms with E-state index in [0.717, 1.165) is 49.5 Å². The molecule has 0 saturated heterocycles. The zero-order chi connectivity index (χ0) is 23.4. The van der Waals surface area contributed by atoms with E-state index in [2.05, 4.69) is 114 Å². The van der Waals surface area contributed by atoms with Crippen molar-refractivity contribution in [1.29, 1.82) is 0 Å². The molecule has 6 aromatic carbocycles. The smallest absolute Gasteiger partial charge is 0.146 e. The molecule has 36 heavy (non-hydrogen) atoms. The Morgan fingerprint density at radius 3 is 2.08 bits per heavy atom. The van der Waals surface area contributed by atoms with Gasteiger partial charge >= 0.3 is 0 Å². The first-order valence-electron chi connectivity index (χ1n) is 12.2. The maximum absolute atomic E-state index is 6.52. The van der Waals surface area contributed by atoms with Crippen molar-refractivity contribution >= 4 is 81.8 Å². The lowest BCUT2D eigenvalue weighted by Gasteiger charge is -2.09. The van der Waals surface area contributed by atoms with E-state index < -0.39 is 0 Å². The second-order valence-corrected chi connectivity index (χ2v) is 9.63. The van der Waals surface area contributed by atoms with Gasteiger partial charge in [-0.15, -0.1) is 0 Å². The second kappa shape index (κ2) is 6.41. The minimum atomic E-state index is 0.908. The number of rotatable bonds is 0. The van der Waals surface area contributed by atoms with Gasteiger partial charge in [0.05, 0.1) is 16.6 Å². The maximum atomic E-state index is 6.52. The Labute approximate surface area is 204 Å². The van der Waals surface area contributed by atoms with E-state index in [1.54, 1.807) is 0 Å². The molecule has 0 N–H and O–H groups in total. The van der Waals surface area contributed by atoms with Gasteiger partial charge in [0.25, 0.3) is 0 Å². The van der Waals surface area contributed by atoms with Crippen LogP contribution in [0.4, 0.5) is 0 Å². The molecule has 166 valence electrons. The lowest BCUT2D eigenvalue weighted by molar-refractivity contribution is 0.670. The Bertz CT molecular complexity index is 2370. The number of para-hydroxylation sites is 2.